The molecule has 1 saturated carbocycles. The lowest BCUT2D eigenvalue weighted by Crippen LogP contribution is -2.43. The topological polar surface area (TPSA) is 107 Å². The van der Waals surface area contributed by atoms with Gasteiger partial charge in [-0.2, -0.15) is 0 Å². The summed E-state index contributed by atoms with van der Waals surface area (Å²) < 4.78 is 12.5. The molecule has 1 aliphatic rings. The first-order valence-corrected chi connectivity index (χ1v) is 12.2. The van der Waals surface area contributed by atoms with Crippen LogP contribution in [0.3, 0.4) is 0 Å². The van der Waals surface area contributed by atoms with E-state index in [0.29, 0.717) is 11.6 Å². The maximum absolute atomic E-state index is 13.2. The van der Waals surface area contributed by atoms with Gasteiger partial charge in [0.1, 0.15) is 23.9 Å². The maximum Gasteiger partial charge on any atom is 0.328 e. The van der Waals surface area contributed by atoms with Crippen molar-refractivity contribution in [3.63, 3.8) is 0 Å². The molecule has 0 saturated heterocycles. The SMILES string of the molecule is COC(=O)[C@H](Cc1ccc(O)cc1)NC(=O)c1ccc2c(c1)nc(-c1ccoc1)n2C1CCCCC1. The molecule has 4 aromatic rings. The smallest absolute Gasteiger partial charge is 0.328 e. The summed E-state index contributed by atoms with van der Waals surface area (Å²) in [5, 5.41) is 12.3. The molecule has 2 heterocycles. The van der Waals surface area contributed by atoms with E-state index in [9.17, 15) is 14.7 Å². The highest BCUT2D eigenvalue weighted by Crippen LogP contribution is 2.36. The summed E-state index contributed by atoms with van der Waals surface area (Å²) >= 11 is 0. The van der Waals surface area contributed by atoms with Crippen molar-refractivity contribution in [3.8, 4) is 17.1 Å². The van der Waals surface area contributed by atoms with Crippen LogP contribution in [0.15, 0.2) is 65.5 Å². The van der Waals surface area contributed by atoms with Gasteiger partial charge in [0, 0.05) is 18.0 Å². The number of nitrogens with zero attached hydrogens (tertiary/aromatic N) is 2. The van der Waals surface area contributed by atoms with Crippen LogP contribution in [0.4, 0.5) is 0 Å². The van der Waals surface area contributed by atoms with E-state index in [4.69, 9.17) is 14.1 Å². The number of nitrogens with one attached hydrogen (secondary N) is 1. The number of amides is 1. The molecule has 1 aliphatic carbocycles. The number of imidazole rings is 1. The first kappa shape index (κ1) is 23.7. The highest BCUT2D eigenvalue weighted by atomic mass is 16.5. The third-order valence-corrected chi connectivity index (χ3v) is 6.84. The molecule has 1 fully saturated rings. The third kappa shape index (κ3) is 4.84. The fraction of sp³-hybridized carbons (Fsp3) is 0.321. The van der Waals surface area contributed by atoms with E-state index in [1.807, 2.05) is 12.1 Å². The Hall–Kier alpha value is -4.07. The maximum atomic E-state index is 13.2. The molecule has 2 N–H and O–H groups in total. The summed E-state index contributed by atoms with van der Waals surface area (Å²) in [7, 11) is 1.29. The Morgan fingerprint density at radius 2 is 1.92 bits per heavy atom. The third-order valence-electron chi connectivity index (χ3n) is 6.84. The molecule has 0 unspecified atom stereocenters. The van der Waals surface area contributed by atoms with Gasteiger partial charge in [-0.3, -0.25) is 4.79 Å². The number of hydrogen-bond acceptors (Lipinski definition) is 6. The zero-order valence-corrected chi connectivity index (χ0v) is 20.1. The average molecular weight is 488 g/mol. The number of furan rings is 1. The van der Waals surface area contributed by atoms with Crippen molar-refractivity contribution < 1.29 is 23.8 Å². The van der Waals surface area contributed by atoms with Crippen LogP contribution in [0.25, 0.3) is 22.4 Å². The van der Waals surface area contributed by atoms with Gasteiger partial charge in [-0.25, -0.2) is 9.78 Å². The molecular weight excluding hydrogens is 458 g/mol. The van der Waals surface area contributed by atoms with E-state index in [0.717, 1.165) is 40.8 Å². The van der Waals surface area contributed by atoms with Crippen LogP contribution in [0, 0.1) is 0 Å². The zero-order chi connectivity index (χ0) is 25.1. The predicted octanol–water partition coefficient (Wildman–Crippen LogP) is 5.02. The summed E-state index contributed by atoms with van der Waals surface area (Å²) in [6.45, 7) is 0. The fourth-order valence-electron chi connectivity index (χ4n) is 4.99. The van der Waals surface area contributed by atoms with Gasteiger partial charge < -0.3 is 24.1 Å². The number of phenols is 1. The standard InChI is InChI=1S/C28H29N3O5/c1-35-28(34)24(15-18-7-10-22(32)11-8-18)30-27(33)19-9-12-25-23(16-19)29-26(20-13-14-36-17-20)31(25)21-5-3-2-4-6-21/h7-14,16-17,21,24,32H,2-6,15H2,1H3,(H,30,33)/t24-/m0/s1. The molecule has 0 aliphatic heterocycles. The molecule has 0 bridgehead atoms. The summed E-state index contributed by atoms with van der Waals surface area (Å²) in [6, 6.07) is 13.3. The van der Waals surface area contributed by atoms with Gasteiger partial charge in [-0.1, -0.05) is 31.4 Å². The Morgan fingerprint density at radius 1 is 1.14 bits per heavy atom. The predicted molar refractivity (Wildman–Crippen MR) is 135 cm³/mol. The number of esters is 1. The molecule has 8 nitrogen and oxygen atoms in total. The normalized spacial score (nSPS) is 15.0. The van der Waals surface area contributed by atoms with Crippen LogP contribution in [0.5, 0.6) is 5.75 Å². The zero-order valence-electron chi connectivity index (χ0n) is 20.1. The number of rotatable bonds is 7. The lowest BCUT2D eigenvalue weighted by atomic mass is 9.95. The lowest BCUT2D eigenvalue weighted by Gasteiger charge is -2.25. The summed E-state index contributed by atoms with van der Waals surface area (Å²) in [6.07, 6.45) is 9.38. The van der Waals surface area contributed by atoms with E-state index < -0.39 is 12.0 Å². The number of hydrogen-bond donors (Lipinski definition) is 2. The minimum Gasteiger partial charge on any atom is -0.508 e. The van der Waals surface area contributed by atoms with Crippen molar-refractivity contribution in [1.82, 2.24) is 14.9 Å². The van der Waals surface area contributed by atoms with Gasteiger partial charge in [-0.15, -0.1) is 0 Å². The number of carbonyl (C=O) groups excluding carboxylic acids is 2. The second-order valence-corrected chi connectivity index (χ2v) is 9.23. The Kier molecular flexibility index (Phi) is 6.75. The van der Waals surface area contributed by atoms with Gasteiger partial charge in [0.25, 0.3) is 5.91 Å². The molecule has 186 valence electrons. The van der Waals surface area contributed by atoms with Crippen LogP contribution in [0.1, 0.15) is 54.1 Å². The van der Waals surface area contributed by atoms with Gasteiger partial charge in [0.05, 0.1) is 30.0 Å². The summed E-state index contributed by atoms with van der Waals surface area (Å²) in [5.41, 5.74) is 3.80. The van der Waals surface area contributed by atoms with Crippen LogP contribution < -0.4 is 5.32 Å². The molecule has 1 amide bonds. The summed E-state index contributed by atoms with van der Waals surface area (Å²) in [4.78, 5) is 30.5. The second-order valence-electron chi connectivity index (χ2n) is 9.23. The van der Waals surface area contributed by atoms with Gasteiger partial charge in [0.15, 0.2) is 0 Å². The molecule has 2 aromatic heterocycles. The fourth-order valence-corrected chi connectivity index (χ4v) is 4.99. The lowest BCUT2D eigenvalue weighted by molar-refractivity contribution is -0.142. The van der Waals surface area contributed by atoms with E-state index >= 15 is 0 Å². The number of phenolic OH excluding ortho intramolecular Hbond substituents is 1. The van der Waals surface area contributed by atoms with Crippen LogP contribution in [0.2, 0.25) is 0 Å². The number of aromatic hydroxyl groups is 1. The number of methoxy groups -OCH3 is 1. The van der Waals surface area contributed by atoms with Crippen molar-refractivity contribution >= 4 is 22.9 Å². The van der Waals surface area contributed by atoms with Crippen molar-refractivity contribution in [2.75, 3.05) is 7.11 Å². The van der Waals surface area contributed by atoms with E-state index in [1.165, 1.54) is 26.4 Å². The van der Waals surface area contributed by atoms with Gasteiger partial charge >= 0.3 is 5.97 Å². The van der Waals surface area contributed by atoms with E-state index in [1.54, 1.807) is 48.9 Å². The van der Waals surface area contributed by atoms with Crippen LogP contribution >= 0.6 is 0 Å². The Morgan fingerprint density at radius 3 is 2.61 bits per heavy atom. The number of aromatic nitrogens is 2. The number of ether oxygens (including phenoxy) is 1. The summed E-state index contributed by atoms with van der Waals surface area (Å²) in [5.74, 6) is 0.0422. The van der Waals surface area contributed by atoms with Crippen molar-refractivity contribution in [1.29, 1.82) is 0 Å². The first-order chi connectivity index (χ1) is 17.5. The molecule has 2 aromatic carbocycles. The number of carbonyl (C=O) groups is 2. The molecule has 36 heavy (non-hydrogen) atoms. The molecule has 5 rings (SSSR count). The van der Waals surface area contributed by atoms with Crippen LogP contribution in [-0.4, -0.2) is 39.7 Å². The molecule has 8 heteroatoms. The number of benzene rings is 2. The minimum atomic E-state index is -0.871. The van der Waals surface area contributed by atoms with Crippen molar-refractivity contribution in [2.24, 2.45) is 0 Å². The minimum absolute atomic E-state index is 0.133. The second kappa shape index (κ2) is 10.3. The Labute approximate surface area is 208 Å². The van der Waals surface area contributed by atoms with E-state index in [-0.39, 0.29) is 18.1 Å². The van der Waals surface area contributed by atoms with Gasteiger partial charge in [-0.05, 0) is 54.8 Å². The first-order valence-electron chi connectivity index (χ1n) is 12.2. The molecule has 1 atom stereocenters. The van der Waals surface area contributed by atoms with Crippen molar-refractivity contribution in [2.45, 2.75) is 50.6 Å². The van der Waals surface area contributed by atoms with Crippen LogP contribution in [-0.2, 0) is 16.0 Å². The Balaban J connectivity index is 1.44. The number of fused-ring (bicyclic) bond motifs is 1. The van der Waals surface area contributed by atoms with E-state index in [2.05, 4.69) is 9.88 Å². The van der Waals surface area contributed by atoms with Crippen molar-refractivity contribution in [3.05, 3.63) is 72.2 Å². The molecule has 0 radical (unpaired) electrons. The van der Waals surface area contributed by atoms with Gasteiger partial charge in [0.2, 0.25) is 0 Å². The molecule has 0 spiro atoms. The quantitative estimate of drug-likeness (QED) is 0.355. The Bertz CT molecular complexity index is 1350. The monoisotopic (exact) mass is 487 g/mol. The highest BCUT2D eigenvalue weighted by Gasteiger charge is 2.25. The largest absolute Gasteiger partial charge is 0.508 e. The molecular formula is C28H29N3O5. The highest BCUT2D eigenvalue weighted by molar-refractivity contribution is 5.99. The average Bonchev–Trinajstić information content (AvgIpc) is 3.57.